The van der Waals surface area contributed by atoms with E-state index in [4.69, 9.17) is 4.74 Å². The molecule has 1 aliphatic heterocycles. The summed E-state index contributed by atoms with van der Waals surface area (Å²) in [5.74, 6) is -0.150. The maximum atomic E-state index is 13.7. The van der Waals surface area contributed by atoms with E-state index in [0.717, 1.165) is 29.6 Å². The number of benzene rings is 1. The Hall–Kier alpha value is -0.710. The van der Waals surface area contributed by atoms with Gasteiger partial charge in [0.1, 0.15) is 5.82 Å². The van der Waals surface area contributed by atoms with E-state index < -0.39 is 0 Å². The first kappa shape index (κ1) is 14.7. The topological polar surface area (TPSA) is 21.3 Å². The molecule has 0 spiro atoms. The Bertz CT molecular complexity index is 461. The number of hydrogen-bond donors (Lipinski definition) is 1. The van der Waals surface area contributed by atoms with Gasteiger partial charge in [0.25, 0.3) is 0 Å². The van der Waals surface area contributed by atoms with E-state index in [-0.39, 0.29) is 11.9 Å². The number of hydrogen-bond acceptors (Lipinski definition) is 2. The van der Waals surface area contributed by atoms with Crippen molar-refractivity contribution in [3.05, 3.63) is 45.7 Å². The molecule has 0 saturated carbocycles. The third-order valence-electron chi connectivity index (χ3n) is 3.20. The zero-order valence-electron chi connectivity index (χ0n) is 11.1. The first-order valence-corrected chi connectivity index (χ1v) is 7.37. The molecule has 0 aliphatic carbocycles. The molecule has 1 aromatic rings. The van der Waals surface area contributed by atoms with Crippen LogP contribution in [0.2, 0.25) is 0 Å². The Morgan fingerprint density at radius 2 is 2.32 bits per heavy atom. The third kappa shape index (κ3) is 4.71. The molecule has 0 amide bonds. The summed E-state index contributed by atoms with van der Waals surface area (Å²) in [4.78, 5) is 0. The van der Waals surface area contributed by atoms with Crippen LogP contribution in [-0.4, -0.2) is 25.8 Å². The van der Waals surface area contributed by atoms with Gasteiger partial charge in [0.05, 0.1) is 13.2 Å². The number of ether oxygens (including phenoxy) is 1. The standard InChI is InChI=1S/C15H19BrFNO/c1-11(18-9-12-3-2-6-19-10-12)7-13-4-5-14(16)8-15(13)17/h3-5,8,11,18H,2,6-7,9-10H2,1H3. The molecule has 1 aliphatic rings. The quantitative estimate of drug-likeness (QED) is 0.836. The summed E-state index contributed by atoms with van der Waals surface area (Å²) in [6, 6.07) is 5.46. The van der Waals surface area contributed by atoms with Crippen molar-refractivity contribution in [1.82, 2.24) is 5.32 Å². The lowest BCUT2D eigenvalue weighted by atomic mass is 10.1. The minimum Gasteiger partial charge on any atom is -0.377 e. The summed E-state index contributed by atoms with van der Waals surface area (Å²) in [7, 11) is 0. The minimum absolute atomic E-state index is 0.150. The van der Waals surface area contributed by atoms with Crippen molar-refractivity contribution in [2.75, 3.05) is 19.8 Å². The monoisotopic (exact) mass is 327 g/mol. The van der Waals surface area contributed by atoms with Gasteiger partial charge in [-0.25, -0.2) is 4.39 Å². The molecule has 104 valence electrons. The third-order valence-corrected chi connectivity index (χ3v) is 3.69. The fraction of sp³-hybridized carbons (Fsp3) is 0.467. The fourth-order valence-corrected chi connectivity index (χ4v) is 2.46. The largest absolute Gasteiger partial charge is 0.377 e. The average Bonchev–Trinajstić information content (AvgIpc) is 2.41. The highest BCUT2D eigenvalue weighted by Crippen LogP contribution is 2.16. The van der Waals surface area contributed by atoms with Crippen molar-refractivity contribution < 1.29 is 9.13 Å². The van der Waals surface area contributed by atoms with Gasteiger partial charge in [-0.1, -0.05) is 28.1 Å². The van der Waals surface area contributed by atoms with Crippen molar-refractivity contribution in [1.29, 1.82) is 0 Å². The molecule has 1 unspecified atom stereocenters. The van der Waals surface area contributed by atoms with Gasteiger partial charge in [0.15, 0.2) is 0 Å². The molecule has 0 radical (unpaired) electrons. The van der Waals surface area contributed by atoms with E-state index >= 15 is 0 Å². The van der Waals surface area contributed by atoms with Gasteiger partial charge < -0.3 is 10.1 Å². The Labute approximate surface area is 122 Å². The molecule has 1 N–H and O–H groups in total. The van der Waals surface area contributed by atoms with E-state index in [1.54, 1.807) is 0 Å². The van der Waals surface area contributed by atoms with Crippen LogP contribution in [0.25, 0.3) is 0 Å². The molecule has 19 heavy (non-hydrogen) atoms. The molecule has 0 saturated heterocycles. The summed E-state index contributed by atoms with van der Waals surface area (Å²) in [6.07, 6.45) is 3.91. The molecular formula is C15H19BrFNO. The Morgan fingerprint density at radius 3 is 3.00 bits per heavy atom. The van der Waals surface area contributed by atoms with Crippen LogP contribution >= 0.6 is 15.9 Å². The molecule has 1 aromatic carbocycles. The molecule has 4 heteroatoms. The first-order chi connectivity index (χ1) is 9.15. The van der Waals surface area contributed by atoms with E-state index in [2.05, 4.69) is 34.2 Å². The van der Waals surface area contributed by atoms with E-state index in [1.165, 1.54) is 11.6 Å². The summed E-state index contributed by atoms with van der Waals surface area (Å²) >= 11 is 3.27. The lowest BCUT2D eigenvalue weighted by molar-refractivity contribution is 0.148. The summed E-state index contributed by atoms with van der Waals surface area (Å²) < 4.78 is 19.9. The second-order valence-electron chi connectivity index (χ2n) is 4.93. The van der Waals surface area contributed by atoms with Gasteiger partial charge in [-0.2, -0.15) is 0 Å². The Morgan fingerprint density at radius 1 is 1.47 bits per heavy atom. The second-order valence-corrected chi connectivity index (χ2v) is 5.84. The Kier molecular flexibility index (Phi) is 5.55. The van der Waals surface area contributed by atoms with Crippen LogP contribution in [0.4, 0.5) is 4.39 Å². The molecular weight excluding hydrogens is 309 g/mol. The Balaban J connectivity index is 1.83. The molecule has 2 nitrogen and oxygen atoms in total. The van der Waals surface area contributed by atoms with Crippen molar-refractivity contribution in [2.45, 2.75) is 25.8 Å². The number of rotatable bonds is 5. The summed E-state index contributed by atoms with van der Waals surface area (Å²) in [5.41, 5.74) is 2.03. The van der Waals surface area contributed by atoms with Crippen LogP contribution < -0.4 is 5.32 Å². The molecule has 1 atom stereocenters. The number of halogens is 2. The van der Waals surface area contributed by atoms with Crippen LogP contribution in [0, 0.1) is 5.82 Å². The van der Waals surface area contributed by atoms with Crippen LogP contribution in [0.3, 0.4) is 0 Å². The highest BCUT2D eigenvalue weighted by Gasteiger charge is 2.10. The first-order valence-electron chi connectivity index (χ1n) is 6.58. The van der Waals surface area contributed by atoms with Gasteiger partial charge in [-0.3, -0.25) is 0 Å². The van der Waals surface area contributed by atoms with Crippen molar-refractivity contribution in [3.8, 4) is 0 Å². The SMILES string of the molecule is CC(Cc1ccc(Br)cc1F)NCC1=CCCOC1. The van der Waals surface area contributed by atoms with Crippen molar-refractivity contribution in [2.24, 2.45) is 0 Å². The second kappa shape index (κ2) is 7.17. The molecule has 0 aromatic heterocycles. The lowest BCUT2D eigenvalue weighted by Gasteiger charge is -2.18. The maximum Gasteiger partial charge on any atom is 0.127 e. The van der Waals surface area contributed by atoms with Crippen LogP contribution in [-0.2, 0) is 11.2 Å². The molecule has 0 bridgehead atoms. The summed E-state index contributed by atoms with van der Waals surface area (Å²) in [5, 5.41) is 3.42. The van der Waals surface area contributed by atoms with E-state index in [0.29, 0.717) is 13.0 Å². The van der Waals surface area contributed by atoms with E-state index in [9.17, 15) is 4.39 Å². The van der Waals surface area contributed by atoms with Crippen LogP contribution in [0.15, 0.2) is 34.3 Å². The highest BCUT2D eigenvalue weighted by molar-refractivity contribution is 9.10. The highest BCUT2D eigenvalue weighted by atomic mass is 79.9. The summed E-state index contributed by atoms with van der Waals surface area (Å²) in [6.45, 7) is 4.43. The fourth-order valence-electron chi connectivity index (χ4n) is 2.13. The van der Waals surface area contributed by atoms with Gasteiger partial charge >= 0.3 is 0 Å². The smallest absolute Gasteiger partial charge is 0.127 e. The minimum atomic E-state index is -0.150. The molecule has 0 fully saturated rings. The van der Waals surface area contributed by atoms with Gasteiger partial charge in [0.2, 0.25) is 0 Å². The van der Waals surface area contributed by atoms with E-state index in [1.807, 2.05) is 12.1 Å². The van der Waals surface area contributed by atoms with Crippen molar-refractivity contribution >= 4 is 15.9 Å². The lowest BCUT2D eigenvalue weighted by Crippen LogP contribution is -2.31. The van der Waals surface area contributed by atoms with Gasteiger partial charge in [-0.05, 0) is 43.0 Å². The van der Waals surface area contributed by atoms with Crippen molar-refractivity contribution in [3.63, 3.8) is 0 Å². The number of nitrogens with one attached hydrogen (secondary N) is 1. The predicted octanol–water partition coefficient (Wildman–Crippen LogP) is 3.46. The normalized spacial score (nSPS) is 17.1. The predicted molar refractivity (Wildman–Crippen MR) is 78.8 cm³/mol. The van der Waals surface area contributed by atoms with Gasteiger partial charge in [-0.15, -0.1) is 0 Å². The molecule has 1 heterocycles. The maximum absolute atomic E-state index is 13.7. The van der Waals surface area contributed by atoms with Crippen LogP contribution in [0.1, 0.15) is 18.9 Å². The molecule has 2 rings (SSSR count). The zero-order chi connectivity index (χ0) is 13.7. The van der Waals surface area contributed by atoms with Crippen LogP contribution in [0.5, 0.6) is 0 Å². The van der Waals surface area contributed by atoms with Gasteiger partial charge in [0, 0.05) is 17.1 Å². The zero-order valence-corrected chi connectivity index (χ0v) is 12.7. The average molecular weight is 328 g/mol.